The zero-order valence-corrected chi connectivity index (χ0v) is 18.7. The summed E-state index contributed by atoms with van der Waals surface area (Å²) in [5.74, 6) is 2.32. The van der Waals surface area contributed by atoms with E-state index in [1.165, 1.54) is 25.5 Å². The molecule has 3 rings (SSSR count). The smallest absolute Gasteiger partial charge is 0.341 e. The standard InChI is InChI=1S/C23H32N4O4/c1-16-20(22(28)30-4)13-19(31-16)14-25-23(24-2)26-15-21(27-11-5-6-12-27)17-7-9-18(29-3)10-8-17/h7-10,13,21H,5-6,11-12,14-15H2,1-4H3,(H2,24,25,26). The van der Waals surface area contributed by atoms with Gasteiger partial charge in [-0.15, -0.1) is 0 Å². The number of esters is 1. The molecule has 1 aliphatic heterocycles. The van der Waals surface area contributed by atoms with Crippen LogP contribution in [-0.2, 0) is 11.3 Å². The predicted molar refractivity (Wildman–Crippen MR) is 120 cm³/mol. The van der Waals surface area contributed by atoms with Gasteiger partial charge in [0.05, 0.1) is 26.8 Å². The third-order valence-electron chi connectivity index (χ3n) is 5.57. The van der Waals surface area contributed by atoms with E-state index in [-0.39, 0.29) is 6.04 Å². The van der Waals surface area contributed by atoms with Crippen LogP contribution in [0.4, 0.5) is 0 Å². The molecule has 1 aromatic carbocycles. The highest BCUT2D eigenvalue weighted by Crippen LogP contribution is 2.26. The number of furan rings is 1. The third-order valence-corrected chi connectivity index (χ3v) is 5.57. The Bertz CT molecular complexity index is 885. The van der Waals surface area contributed by atoms with E-state index in [0.29, 0.717) is 29.6 Å². The second kappa shape index (κ2) is 10.9. The van der Waals surface area contributed by atoms with Crippen LogP contribution in [0.5, 0.6) is 5.75 Å². The van der Waals surface area contributed by atoms with Crippen molar-refractivity contribution in [3.05, 3.63) is 53.0 Å². The Kier molecular flexibility index (Phi) is 7.94. The number of hydrogen-bond acceptors (Lipinski definition) is 6. The number of methoxy groups -OCH3 is 2. The lowest BCUT2D eigenvalue weighted by Gasteiger charge is -2.29. The lowest BCUT2D eigenvalue weighted by molar-refractivity contribution is 0.0599. The van der Waals surface area contributed by atoms with Crippen molar-refractivity contribution >= 4 is 11.9 Å². The fourth-order valence-electron chi connectivity index (χ4n) is 3.87. The Morgan fingerprint density at radius 2 is 1.90 bits per heavy atom. The first-order valence-electron chi connectivity index (χ1n) is 10.6. The van der Waals surface area contributed by atoms with Crippen LogP contribution in [0, 0.1) is 6.92 Å². The summed E-state index contributed by atoms with van der Waals surface area (Å²) in [6.07, 6.45) is 2.44. The number of nitrogens with zero attached hydrogens (tertiary/aromatic N) is 2. The topological polar surface area (TPSA) is 88.3 Å². The first-order chi connectivity index (χ1) is 15.0. The van der Waals surface area contributed by atoms with Crippen molar-refractivity contribution in [2.45, 2.75) is 32.4 Å². The average Bonchev–Trinajstić information content (AvgIpc) is 3.46. The van der Waals surface area contributed by atoms with E-state index < -0.39 is 5.97 Å². The summed E-state index contributed by atoms with van der Waals surface area (Å²) < 4.78 is 15.7. The summed E-state index contributed by atoms with van der Waals surface area (Å²) in [6, 6.07) is 10.2. The monoisotopic (exact) mass is 428 g/mol. The molecule has 0 saturated carbocycles. The van der Waals surface area contributed by atoms with Crippen molar-refractivity contribution in [2.24, 2.45) is 4.99 Å². The predicted octanol–water partition coefficient (Wildman–Crippen LogP) is 2.89. The third kappa shape index (κ3) is 5.79. The van der Waals surface area contributed by atoms with Crippen LogP contribution in [0.3, 0.4) is 0 Å². The Morgan fingerprint density at radius 1 is 1.19 bits per heavy atom. The lowest BCUT2D eigenvalue weighted by Crippen LogP contribution is -2.42. The Morgan fingerprint density at radius 3 is 2.52 bits per heavy atom. The van der Waals surface area contributed by atoms with Gasteiger partial charge in [-0.05, 0) is 56.6 Å². The second-order valence-electron chi connectivity index (χ2n) is 7.51. The molecule has 0 bridgehead atoms. The molecular weight excluding hydrogens is 396 g/mol. The molecule has 31 heavy (non-hydrogen) atoms. The molecule has 168 valence electrons. The maximum Gasteiger partial charge on any atom is 0.341 e. The van der Waals surface area contributed by atoms with Gasteiger partial charge in [-0.3, -0.25) is 9.89 Å². The van der Waals surface area contributed by atoms with E-state index in [2.05, 4.69) is 32.7 Å². The minimum absolute atomic E-state index is 0.240. The molecule has 1 fully saturated rings. The number of nitrogens with one attached hydrogen (secondary N) is 2. The van der Waals surface area contributed by atoms with Crippen LogP contribution < -0.4 is 15.4 Å². The molecule has 1 atom stereocenters. The van der Waals surface area contributed by atoms with Crippen molar-refractivity contribution in [3.8, 4) is 5.75 Å². The first-order valence-corrected chi connectivity index (χ1v) is 10.6. The zero-order valence-electron chi connectivity index (χ0n) is 18.7. The summed E-state index contributed by atoms with van der Waals surface area (Å²) in [7, 11) is 4.78. The summed E-state index contributed by atoms with van der Waals surface area (Å²) >= 11 is 0. The number of aliphatic imine (C=N–C) groups is 1. The highest BCUT2D eigenvalue weighted by Gasteiger charge is 2.24. The molecule has 2 aromatic rings. The maximum atomic E-state index is 11.8. The van der Waals surface area contributed by atoms with E-state index in [9.17, 15) is 4.79 Å². The number of guanidine groups is 1. The van der Waals surface area contributed by atoms with Gasteiger partial charge in [0.1, 0.15) is 22.8 Å². The van der Waals surface area contributed by atoms with E-state index in [1.54, 1.807) is 27.1 Å². The quantitative estimate of drug-likeness (QED) is 0.380. The number of rotatable bonds is 8. The van der Waals surface area contributed by atoms with Crippen molar-refractivity contribution < 1.29 is 18.7 Å². The number of carbonyl (C=O) groups is 1. The molecule has 1 aromatic heterocycles. The molecular formula is C23H32N4O4. The summed E-state index contributed by atoms with van der Waals surface area (Å²) in [4.78, 5) is 18.6. The molecule has 8 nitrogen and oxygen atoms in total. The number of ether oxygens (including phenoxy) is 2. The zero-order chi connectivity index (χ0) is 22.2. The molecule has 1 aliphatic rings. The molecule has 2 N–H and O–H groups in total. The summed E-state index contributed by atoms with van der Waals surface area (Å²) in [6.45, 7) is 5.06. The maximum absolute atomic E-state index is 11.8. The lowest BCUT2D eigenvalue weighted by atomic mass is 10.1. The first kappa shape index (κ1) is 22.7. The molecule has 0 spiro atoms. The minimum atomic E-state index is -0.400. The highest BCUT2D eigenvalue weighted by atomic mass is 16.5. The Labute approximate surface area is 183 Å². The van der Waals surface area contributed by atoms with Crippen LogP contribution in [0.1, 0.15) is 46.3 Å². The normalized spacial score (nSPS) is 15.5. The van der Waals surface area contributed by atoms with Crippen LogP contribution in [0.15, 0.2) is 39.7 Å². The van der Waals surface area contributed by atoms with Crippen molar-refractivity contribution in [3.63, 3.8) is 0 Å². The van der Waals surface area contributed by atoms with Crippen molar-refractivity contribution in [2.75, 3.05) is 40.9 Å². The molecule has 0 radical (unpaired) electrons. The van der Waals surface area contributed by atoms with Crippen LogP contribution >= 0.6 is 0 Å². The molecule has 1 saturated heterocycles. The largest absolute Gasteiger partial charge is 0.497 e. The Hall–Kier alpha value is -3.00. The van der Waals surface area contributed by atoms with Crippen LogP contribution in [-0.4, -0.2) is 57.7 Å². The minimum Gasteiger partial charge on any atom is -0.497 e. The number of hydrogen-bond donors (Lipinski definition) is 2. The fraction of sp³-hybridized carbons (Fsp3) is 0.478. The number of carbonyl (C=O) groups excluding carboxylic acids is 1. The summed E-state index contributed by atoms with van der Waals surface area (Å²) in [5.41, 5.74) is 1.69. The van der Waals surface area contributed by atoms with E-state index in [4.69, 9.17) is 13.9 Å². The molecule has 0 aliphatic carbocycles. The van der Waals surface area contributed by atoms with E-state index in [0.717, 1.165) is 25.4 Å². The van der Waals surface area contributed by atoms with E-state index >= 15 is 0 Å². The number of likely N-dealkylation sites (tertiary alicyclic amines) is 1. The summed E-state index contributed by atoms with van der Waals surface area (Å²) in [5, 5.41) is 6.69. The molecule has 2 heterocycles. The second-order valence-corrected chi connectivity index (χ2v) is 7.51. The van der Waals surface area contributed by atoms with Gasteiger partial charge in [0.2, 0.25) is 0 Å². The van der Waals surface area contributed by atoms with Crippen molar-refractivity contribution in [1.82, 2.24) is 15.5 Å². The van der Waals surface area contributed by atoms with Gasteiger partial charge in [-0.25, -0.2) is 4.79 Å². The van der Waals surface area contributed by atoms with Gasteiger partial charge in [0.25, 0.3) is 0 Å². The van der Waals surface area contributed by atoms with Crippen LogP contribution in [0.2, 0.25) is 0 Å². The van der Waals surface area contributed by atoms with Gasteiger partial charge in [0, 0.05) is 13.6 Å². The van der Waals surface area contributed by atoms with Gasteiger partial charge in [0.15, 0.2) is 5.96 Å². The average molecular weight is 429 g/mol. The SMILES string of the molecule is CN=C(NCc1cc(C(=O)OC)c(C)o1)NCC(c1ccc(OC)cc1)N1CCCC1. The van der Waals surface area contributed by atoms with Gasteiger partial charge in [-0.2, -0.15) is 0 Å². The highest BCUT2D eigenvalue weighted by molar-refractivity contribution is 5.90. The number of aryl methyl sites for hydroxylation is 1. The Balaban J connectivity index is 1.62. The fourth-order valence-corrected chi connectivity index (χ4v) is 3.87. The van der Waals surface area contributed by atoms with Gasteiger partial charge in [-0.1, -0.05) is 12.1 Å². The molecule has 0 amide bonds. The molecule has 1 unspecified atom stereocenters. The van der Waals surface area contributed by atoms with Crippen molar-refractivity contribution in [1.29, 1.82) is 0 Å². The molecule has 8 heteroatoms. The number of benzene rings is 1. The van der Waals surface area contributed by atoms with E-state index in [1.807, 2.05) is 12.1 Å². The van der Waals surface area contributed by atoms with Gasteiger partial charge >= 0.3 is 5.97 Å². The van der Waals surface area contributed by atoms with Crippen LogP contribution in [0.25, 0.3) is 0 Å². The van der Waals surface area contributed by atoms with Gasteiger partial charge < -0.3 is 24.5 Å².